The van der Waals surface area contributed by atoms with E-state index in [4.69, 9.17) is 0 Å². The zero-order valence-electron chi connectivity index (χ0n) is 12.5. The molecule has 0 atom stereocenters. The Balaban J connectivity index is 3.24. The van der Waals surface area contributed by atoms with Crippen LogP contribution in [0.15, 0.2) is 36.5 Å². The summed E-state index contributed by atoms with van der Waals surface area (Å²) in [6, 6.07) is 0. The van der Waals surface area contributed by atoms with Crippen molar-refractivity contribution in [3.63, 3.8) is 0 Å². The van der Waals surface area contributed by atoms with E-state index in [1.54, 1.807) is 0 Å². The lowest BCUT2D eigenvalue weighted by molar-refractivity contribution is 0.637. The van der Waals surface area contributed by atoms with Crippen LogP contribution >= 0.6 is 0 Å². The molecule has 0 fully saturated rings. The van der Waals surface area contributed by atoms with Crippen molar-refractivity contribution in [1.29, 1.82) is 0 Å². The quantitative estimate of drug-likeness (QED) is 0.270. The minimum atomic E-state index is 1.09. The van der Waals surface area contributed by atoms with Gasteiger partial charge in [-0.1, -0.05) is 82.4 Å². The van der Waals surface area contributed by atoms with Crippen molar-refractivity contribution in [2.45, 2.75) is 78.1 Å². The molecule has 0 amide bonds. The SMILES string of the molecule is CCCC=CCC=CCC=CCCCCCCC. The minimum absolute atomic E-state index is 1.09. The molecule has 0 unspecified atom stereocenters. The number of unbranched alkanes of at least 4 members (excludes halogenated alkanes) is 6. The van der Waals surface area contributed by atoms with Gasteiger partial charge in [-0.25, -0.2) is 0 Å². The van der Waals surface area contributed by atoms with Gasteiger partial charge in [-0.2, -0.15) is 0 Å². The van der Waals surface area contributed by atoms with Crippen molar-refractivity contribution in [3.8, 4) is 0 Å². The van der Waals surface area contributed by atoms with Crippen molar-refractivity contribution < 1.29 is 0 Å². The molecular weight excluding hydrogens is 216 g/mol. The van der Waals surface area contributed by atoms with Crippen LogP contribution in [0.5, 0.6) is 0 Å². The smallest absolute Gasteiger partial charge is 0.0169 e. The van der Waals surface area contributed by atoms with Crippen LogP contribution in [-0.4, -0.2) is 0 Å². The standard InChI is InChI=1S/C18H32/c1-3-5-7-9-11-13-15-17-18-16-14-12-10-8-6-4-2/h7,9,13,15-16,18H,3-6,8,10-12,14,17H2,1-2H3. The molecule has 0 nitrogen and oxygen atoms in total. The predicted molar refractivity (Wildman–Crippen MR) is 84.9 cm³/mol. The number of allylic oxidation sites excluding steroid dienone is 6. The van der Waals surface area contributed by atoms with E-state index in [1.165, 1.54) is 51.4 Å². The van der Waals surface area contributed by atoms with E-state index in [1.807, 2.05) is 0 Å². The highest BCUT2D eigenvalue weighted by atomic mass is 13.9. The number of rotatable bonds is 12. The maximum Gasteiger partial charge on any atom is -0.0169 e. The minimum Gasteiger partial charge on any atom is -0.0882 e. The molecule has 0 aliphatic carbocycles. The molecule has 0 bridgehead atoms. The lowest BCUT2D eigenvalue weighted by Crippen LogP contribution is -1.75. The summed E-state index contributed by atoms with van der Waals surface area (Å²) in [4.78, 5) is 0. The van der Waals surface area contributed by atoms with E-state index >= 15 is 0 Å². The Bertz CT molecular complexity index is 220. The third kappa shape index (κ3) is 15.2. The van der Waals surface area contributed by atoms with Crippen LogP contribution in [0.4, 0.5) is 0 Å². The van der Waals surface area contributed by atoms with E-state index < -0.39 is 0 Å². The zero-order valence-corrected chi connectivity index (χ0v) is 12.5. The maximum absolute atomic E-state index is 2.34. The molecule has 0 aromatic heterocycles. The molecule has 0 aliphatic rings. The van der Waals surface area contributed by atoms with E-state index in [0.717, 1.165) is 12.8 Å². The molecule has 0 N–H and O–H groups in total. The van der Waals surface area contributed by atoms with Crippen LogP contribution in [0.2, 0.25) is 0 Å². The van der Waals surface area contributed by atoms with E-state index in [0.29, 0.717) is 0 Å². The first-order valence-electron chi connectivity index (χ1n) is 7.86. The lowest BCUT2D eigenvalue weighted by Gasteiger charge is -1.95. The van der Waals surface area contributed by atoms with E-state index in [2.05, 4.69) is 50.3 Å². The van der Waals surface area contributed by atoms with Crippen LogP contribution in [-0.2, 0) is 0 Å². The summed E-state index contributed by atoms with van der Waals surface area (Å²) < 4.78 is 0. The summed E-state index contributed by atoms with van der Waals surface area (Å²) in [5.74, 6) is 0. The first-order chi connectivity index (χ1) is 8.91. The fraction of sp³-hybridized carbons (Fsp3) is 0.667. The van der Waals surface area contributed by atoms with E-state index in [-0.39, 0.29) is 0 Å². The Hall–Kier alpha value is -0.780. The number of hydrogen-bond acceptors (Lipinski definition) is 0. The molecule has 0 radical (unpaired) electrons. The summed E-state index contributed by atoms with van der Waals surface area (Å²) in [6.07, 6.45) is 26.5. The molecule has 0 saturated carbocycles. The first kappa shape index (κ1) is 17.2. The second kappa shape index (κ2) is 16.2. The highest BCUT2D eigenvalue weighted by Crippen LogP contribution is 2.05. The fourth-order valence-corrected chi connectivity index (χ4v) is 1.81. The van der Waals surface area contributed by atoms with Crippen LogP contribution in [0.1, 0.15) is 78.1 Å². The predicted octanol–water partition coefficient (Wildman–Crippen LogP) is 6.60. The summed E-state index contributed by atoms with van der Waals surface area (Å²) >= 11 is 0. The average molecular weight is 248 g/mol. The largest absolute Gasteiger partial charge is 0.0882 e. The normalized spacial score (nSPS) is 12.3. The fourth-order valence-electron chi connectivity index (χ4n) is 1.81. The molecule has 0 heterocycles. The molecular formula is C18H32. The van der Waals surface area contributed by atoms with Crippen molar-refractivity contribution >= 4 is 0 Å². The Morgan fingerprint density at radius 3 is 1.67 bits per heavy atom. The molecule has 0 aromatic rings. The second-order valence-corrected chi connectivity index (χ2v) is 4.88. The van der Waals surface area contributed by atoms with Crippen LogP contribution in [0.25, 0.3) is 0 Å². The highest BCUT2D eigenvalue weighted by molar-refractivity contribution is 4.97. The van der Waals surface area contributed by atoms with Gasteiger partial charge in [0.05, 0.1) is 0 Å². The van der Waals surface area contributed by atoms with Crippen molar-refractivity contribution in [3.05, 3.63) is 36.5 Å². The third-order valence-electron chi connectivity index (χ3n) is 2.97. The van der Waals surface area contributed by atoms with Crippen LogP contribution in [0.3, 0.4) is 0 Å². The summed E-state index contributed by atoms with van der Waals surface area (Å²) in [7, 11) is 0. The number of hydrogen-bond donors (Lipinski definition) is 0. The molecule has 0 saturated heterocycles. The Morgan fingerprint density at radius 1 is 0.500 bits per heavy atom. The van der Waals surface area contributed by atoms with Crippen LogP contribution < -0.4 is 0 Å². The Morgan fingerprint density at radius 2 is 1.06 bits per heavy atom. The molecule has 0 rings (SSSR count). The van der Waals surface area contributed by atoms with Gasteiger partial charge < -0.3 is 0 Å². The van der Waals surface area contributed by atoms with Gasteiger partial charge in [0.15, 0.2) is 0 Å². The second-order valence-electron chi connectivity index (χ2n) is 4.88. The molecule has 18 heavy (non-hydrogen) atoms. The van der Waals surface area contributed by atoms with Crippen LogP contribution in [0, 0.1) is 0 Å². The average Bonchev–Trinajstić information content (AvgIpc) is 2.39. The topological polar surface area (TPSA) is 0 Å². The van der Waals surface area contributed by atoms with Gasteiger partial charge in [0.1, 0.15) is 0 Å². The van der Waals surface area contributed by atoms with Gasteiger partial charge in [-0.3, -0.25) is 0 Å². The summed E-state index contributed by atoms with van der Waals surface area (Å²) in [6.45, 7) is 4.48. The van der Waals surface area contributed by atoms with Crippen molar-refractivity contribution in [2.75, 3.05) is 0 Å². The first-order valence-corrected chi connectivity index (χ1v) is 7.86. The molecule has 0 heteroatoms. The monoisotopic (exact) mass is 248 g/mol. The molecule has 0 aromatic carbocycles. The van der Waals surface area contributed by atoms with Crippen molar-refractivity contribution in [2.24, 2.45) is 0 Å². The van der Waals surface area contributed by atoms with Gasteiger partial charge >= 0.3 is 0 Å². The lowest BCUT2D eigenvalue weighted by atomic mass is 10.1. The van der Waals surface area contributed by atoms with Crippen molar-refractivity contribution in [1.82, 2.24) is 0 Å². The zero-order chi connectivity index (χ0) is 13.3. The Labute approximate surface area is 115 Å². The van der Waals surface area contributed by atoms with E-state index in [9.17, 15) is 0 Å². The summed E-state index contributed by atoms with van der Waals surface area (Å²) in [5.41, 5.74) is 0. The molecule has 0 spiro atoms. The molecule has 104 valence electrons. The third-order valence-corrected chi connectivity index (χ3v) is 2.97. The van der Waals surface area contributed by atoms with Gasteiger partial charge in [0, 0.05) is 0 Å². The van der Waals surface area contributed by atoms with Gasteiger partial charge in [0.2, 0.25) is 0 Å². The summed E-state index contributed by atoms with van der Waals surface area (Å²) in [5, 5.41) is 0. The molecule has 0 aliphatic heterocycles. The maximum atomic E-state index is 2.34. The van der Waals surface area contributed by atoms with Gasteiger partial charge in [-0.05, 0) is 32.1 Å². The van der Waals surface area contributed by atoms with Gasteiger partial charge in [-0.15, -0.1) is 0 Å². The van der Waals surface area contributed by atoms with Gasteiger partial charge in [0.25, 0.3) is 0 Å². The Kier molecular flexibility index (Phi) is 15.5. The highest BCUT2D eigenvalue weighted by Gasteiger charge is 1.85.